The summed E-state index contributed by atoms with van der Waals surface area (Å²) in [6.07, 6.45) is 0. The lowest BCUT2D eigenvalue weighted by Crippen LogP contribution is -2.39. The van der Waals surface area contributed by atoms with Crippen LogP contribution in [0.2, 0.25) is 10.0 Å². The van der Waals surface area contributed by atoms with Crippen LogP contribution in [0.15, 0.2) is 47.3 Å². The maximum atomic E-state index is 13.0. The van der Waals surface area contributed by atoms with Crippen molar-refractivity contribution in [1.82, 2.24) is 14.5 Å². The van der Waals surface area contributed by atoms with Crippen molar-refractivity contribution in [2.24, 2.45) is 0 Å². The Bertz CT molecular complexity index is 1110. The molecule has 1 aromatic heterocycles. The number of benzene rings is 2. The number of rotatable bonds is 7. The first kappa shape index (κ1) is 22.1. The minimum absolute atomic E-state index is 0.126. The lowest BCUT2D eigenvalue weighted by Gasteiger charge is -2.29. The van der Waals surface area contributed by atoms with Crippen LogP contribution in [-0.4, -0.2) is 33.5 Å². The maximum absolute atomic E-state index is 13.0. The highest BCUT2D eigenvalue weighted by Crippen LogP contribution is 2.22. The predicted molar refractivity (Wildman–Crippen MR) is 119 cm³/mol. The standard InChI is InChI=1S/C22H23Cl2N3O3/c1-4-26(20(28)13-30-17-9-6-15(23)7-10-17)14(3)21-25-19-11-8-16(24)12-18(19)22(29)27(21)5-2/h6-12,14H,4-5,13H2,1-3H3. The Labute approximate surface area is 185 Å². The topological polar surface area (TPSA) is 64.4 Å². The summed E-state index contributed by atoms with van der Waals surface area (Å²) in [5.74, 6) is 0.884. The van der Waals surface area contributed by atoms with Crippen molar-refractivity contribution in [3.63, 3.8) is 0 Å². The molecule has 0 aliphatic heterocycles. The molecule has 0 aliphatic carbocycles. The zero-order valence-corrected chi connectivity index (χ0v) is 18.6. The van der Waals surface area contributed by atoms with Gasteiger partial charge in [0, 0.05) is 23.1 Å². The van der Waals surface area contributed by atoms with E-state index in [9.17, 15) is 9.59 Å². The Hall–Kier alpha value is -2.57. The summed E-state index contributed by atoms with van der Waals surface area (Å²) < 4.78 is 7.18. The van der Waals surface area contributed by atoms with Gasteiger partial charge in [0.15, 0.2) is 6.61 Å². The first-order valence-electron chi connectivity index (χ1n) is 9.73. The highest BCUT2D eigenvalue weighted by Gasteiger charge is 2.25. The second kappa shape index (κ2) is 9.49. The van der Waals surface area contributed by atoms with Gasteiger partial charge in [0.2, 0.25) is 0 Å². The van der Waals surface area contributed by atoms with Crippen molar-refractivity contribution in [1.29, 1.82) is 0 Å². The number of carbonyl (C=O) groups excluding carboxylic acids is 1. The zero-order valence-electron chi connectivity index (χ0n) is 17.1. The minimum atomic E-state index is -0.413. The van der Waals surface area contributed by atoms with Crippen LogP contribution in [0.3, 0.4) is 0 Å². The molecule has 1 amide bonds. The third kappa shape index (κ3) is 4.60. The molecule has 0 spiro atoms. The normalized spacial score (nSPS) is 12.0. The van der Waals surface area contributed by atoms with Crippen LogP contribution in [0, 0.1) is 0 Å². The first-order valence-corrected chi connectivity index (χ1v) is 10.5. The van der Waals surface area contributed by atoms with Gasteiger partial charge in [-0.25, -0.2) is 4.98 Å². The average Bonchev–Trinajstić information content (AvgIpc) is 2.74. The van der Waals surface area contributed by atoms with E-state index in [1.807, 2.05) is 20.8 Å². The van der Waals surface area contributed by atoms with E-state index in [4.69, 9.17) is 27.9 Å². The Balaban J connectivity index is 1.88. The van der Waals surface area contributed by atoms with Gasteiger partial charge in [0.1, 0.15) is 11.6 Å². The van der Waals surface area contributed by atoms with Gasteiger partial charge in [-0.1, -0.05) is 23.2 Å². The molecule has 2 aromatic carbocycles. The average molecular weight is 448 g/mol. The monoisotopic (exact) mass is 447 g/mol. The number of carbonyl (C=O) groups is 1. The van der Waals surface area contributed by atoms with Crippen molar-refractivity contribution in [2.45, 2.75) is 33.4 Å². The maximum Gasteiger partial charge on any atom is 0.261 e. The number of ether oxygens (including phenoxy) is 1. The molecule has 0 saturated heterocycles. The van der Waals surface area contributed by atoms with Gasteiger partial charge in [-0.05, 0) is 63.2 Å². The van der Waals surface area contributed by atoms with E-state index in [-0.39, 0.29) is 18.1 Å². The number of hydrogen-bond donors (Lipinski definition) is 0. The van der Waals surface area contributed by atoms with E-state index in [0.29, 0.717) is 45.6 Å². The molecular weight excluding hydrogens is 425 g/mol. The van der Waals surface area contributed by atoms with Gasteiger partial charge in [0.25, 0.3) is 11.5 Å². The molecule has 0 N–H and O–H groups in total. The van der Waals surface area contributed by atoms with E-state index < -0.39 is 6.04 Å². The van der Waals surface area contributed by atoms with Crippen molar-refractivity contribution in [2.75, 3.05) is 13.2 Å². The van der Waals surface area contributed by atoms with Crippen LogP contribution >= 0.6 is 23.2 Å². The van der Waals surface area contributed by atoms with E-state index >= 15 is 0 Å². The van der Waals surface area contributed by atoms with Crippen molar-refractivity contribution in [3.05, 3.63) is 68.7 Å². The lowest BCUT2D eigenvalue weighted by molar-refractivity contribution is -0.135. The van der Waals surface area contributed by atoms with E-state index in [1.165, 1.54) is 0 Å². The predicted octanol–water partition coefficient (Wildman–Crippen LogP) is 4.71. The second-order valence-corrected chi connectivity index (χ2v) is 7.65. The largest absolute Gasteiger partial charge is 0.484 e. The summed E-state index contributed by atoms with van der Waals surface area (Å²) in [5.41, 5.74) is 0.379. The van der Waals surface area contributed by atoms with Gasteiger partial charge in [-0.3, -0.25) is 14.2 Å². The molecule has 0 fully saturated rings. The summed E-state index contributed by atoms with van der Waals surface area (Å²) in [6.45, 7) is 6.37. The molecule has 3 rings (SSSR count). The minimum Gasteiger partial charge on any atom is -0.484 e. The number of amides is 1. The smallest absolute Gasteiger partial charge is 0.261 e. The molecule has 6 nitrogen and oxygen atoms in total. The van der Waals surface area contributed by atoms with Crippen LogP contribution in [-0.2, 0) is 11.3 Å². The van der Waals surface area contributed by atoms with Gasteiger partial charge in [-0.2, -0.15) is 0 Å². The molecule has 3 aromatic rings. The van der Waals surface area contributed by atoms with Crippen LogP contribution < -0.4 is 10.3 Å². The molecule has 30 heavy (non-hydrogen) atoms. The quantitative estimate of drug-likeness (QED) is 0.525. The summed E-state index contributed by atoms with van der Waals surface area (Å²) in [6, 6.07) is 11.4. The molecule has 8 heteroatoms. The summed E-state index contributed by atoms with van der Waals surface area (Å²) in [5, 5.41) is 1.54. The fraction of sp³-hybridized carbons (Fsp3) is 0.318. The van der Waals surface area contributed by atoms with Crippen LogP contribution in [0.25, 0.3) is 10.9 Å². The Kier molecular flexibility index (Phi) is 7.00. The number of hydrogen-bond acceptors (Lipinski definition) is 4. The molecule has 0 aliphatic rings. The van der Waals surface area contributed by atoms with Crippen LogP contribution in [0.1, 0.15) is 32.6 Å². The molecule has 0 saturated carbocycles. The molecule has 1 heterocycles. The van der Waals surface area contributed by atoms with Crippen LogP contribution in [0.5, 0.6) is 5.75 Å². The molecular formula is C22H23Cl2N3O3. The van der Waals surface area contributed by atoms with Crippen molar-refractivity contribution >= 4 is 40.0 Å². The highest BCUT2D eigenvalue weighted by molar-refractivity contribution is 6.31. The first-order chi connectivity index (χ1) is 14.3. The van der Waals surface area contributed by atoms with Crippen molar-refractivity contribution < 1.29 is 9.53 Å². The highest BCUT2D eigenvalue weighted by atomic mass is 35.5. The Morgan fingerprint density at radius 2 is 1.80 bits per heavy atom. The third-order valence-corrected chi connectivity index (χ3v) is 5.43. The third-order valence-electron chi connectivity index (χ3n) is 4.94. The summed E-state index contributed by atoms with van der Waals surface area (Å²) in [7, 11) is 0. The Morgan fingerprint density at radius 3 is 2.43 bits per heavy atom. The Morgan fingerprint density at radius 1 is 1.13 bits per heavy atom. The van der Waals surface area contributed by atoms with E-state index in [2.05, 4.69) is 4.98 Å². The number of likely N-dealkylation sites (N-methyl/N-ethyl adjacent to an activating group) is 1. The fourth-order valence-corrected chi connectivity index (χ4v) is 3.70. The fourth-order valence-electron chi connectivity index (χ4n) is 3.40. The number of nitrogens with zero attached hydrogens (tertiary/aromatic N) is 3. The second-order valence-electron chi connectivity index (χ2n) is 6.78. The van der Waals surface area contributed by atoms with E-state index in [0.717, 1.165) is 0 Å². The molecule has 1 unspecified atom stereocenters. The summed E-state index contributed by atoms with van der Waals surface area (Å²) >= 11 is 11.9. The van der Waals surface area contributed by atoms with Crippen LogP contribution in [0.4, 0.5) is 0 Å². The number of fused-ring (bicyclic) bond motifs is 1. The van der Waals surface area contributed by atoms with Gasteiger partial charge in [0.05, 0.1) is 16.9 Å². The van der Waals surface area contributed by atoms with Gasteiger partial charge < -0.3 is 9.64 Å². The van der Waals surface area contributed by atoms with Crippen molar-refractivity contribution in [3.8, 4) is 5.75 Å². The molecule has 0 bridgehead atoms. The number of aromatic nitrogens is 2. The zero-order chi connectivity index (χ0) is 21.8. The number of halogens is 2. The van der Waals surface area contributed by atoms with Gasteiger partial charge in [-0.15, -0.1) is 0 Å². The molecule has 1 atom stereocenters. The lowest BCUT2D eigenvalue weighted by atomic mass is 10.2. The van der Waals surface area contributed by atoms with E-state index in [1.54, 1.807) is 51.9 Å². The molecule has 158 valence electrons. The van der Waals surface area contributed by atoms with Gasteiger partial charge >= 0.3 is 0 Å². The molecule has 0 radical (unpaired) electrons. The SMILES string of the molecule is CCN(C(=O)COc1ccc(Cl)cc1)C(C)c1nc2ccc(Cl)cc2c(=O)n1CC. The summed E-state index contributed by atoms with van der Waals surface area (Å²) in [4.78, 5) is 32.2.